The summed E-state index contributed by atoms with van der Waals surface area (Å²) in [5.41, 5.74) is 0.933. The van der Waals surface area contributed by atoms with Crippen molar-refractivity contribution in [3.05, 3.63) is 30.3 Å². The predicted molar refractivity (Wildman–Crippen MR) is 58.1 cm³/mol. The first-order chi connectivity index (χ1) is 6.33. The van der Waals surface area contributed by atoms with Gasteiger partial charge in [0.25, 0.3) is 0 Å². The van der Waals surface area contributed by atoms with Crippen LogP contribution in [0.4, 0.5) is 5.69 Å². The van der Waals surface area contributed by atoms with Crippen LogP contribution < -0.4 is 5.32 Å². The van der Waals surface area contributed by atoms with Crippen molar-refractivity contribution in [2.75, 3.05) is 11.9 Å². The summed E-state index contributed by atoms with van der Waals surface area (Å²) in [6.45, 7) is 2.56. The van der Waals surface area contributed by atoms with Gasteiger partial charge in [0.05, 0.1) is 6.54 Å². The molecule has 0 heterocycles. The van der Waals surface area contributed by atoms with E-state index in [1.165, 1.54) is 0 Å². The van der Waals surface area contributed by atoms with Crippen molar-refractivity contribution in [3.8, 4) is 0 Å². The maximum Gasteiger partial charge on any atom is 0.217 e. The van der Waals surface area contributed by atoms with Crippen LogP contribution in [0.15, 0.2) is 40.6 Å². The Kier molecular flexibility index (Phi) is 4.05. The summed E-state index contributed by atoms with van der Waals surface area (Å²) in [5.74, 6) is 0. The average Bonchev–Trinajstić information content (AvgIpc) is 2.16. The van der Waals surface area contributed by atoms with Gasteiger partial charge in [0.2, 0.25) is 5.11 Å². The molecule has 0 bridgehead atoms. The fourth-order valence-corrected chi connectivity index (χ4v) is 0.980. The second-order valence-electron chi connectivity index (χ2n) is 2.35. The minimum Gasteiger partial charge on any atom is -0.330 e. The molecular formula is C9H11N3S. The van der Waals surface area contributed by atoms with Gasteiger partial charge in [-0.2, -0.15) is 5.11 Å². The van der Waals surface area contributed by atoms with E-state index in [0.29, 0.717) is 11.7 Å². The van der Waals surface area contributed by atoms with Gasteiger partial charge in [-0.3, -0.25) is 0 Å². The van der Waals surface area contributed by atoms with E-state index in [9.17, 15) is 0 Å². The lowest BCUT2D eigenvalue weighted by molar-refractivity contribution is 1.02. The second kappa shape index (κ2) is 5.37. The molecule has 0 saturated carbocycles. The van der Waals surface area contributed by atoms with Crippen molar-refractivity contribution in [2.45, 2.75) is 6.92 Å². The highest BCUT2D eigenvalue weighted by Crippen LogP contribution is 2.05. The van der Waals surface area contributed by atoms with E-state index >= 15 is 0 Å². The van der Waals surface area contributed by atoms with Gasteiger partial charge in [-0.25, -0.2) is 0 Å². The maximum absolute atomic E-state index is 4.93. The Hall–Kier alpha value is -1.29. The van der Waals surface area contributed by atoms with Crippen molar-refractivity contribution in [1.29, 1.82) is 0 Å². The number of nitrogens with zero attached hydrogens (tertiary/aromatic N) is 2. The molecule has 0 amide bonds. The number of hydrogen-bond donors (Lipinski definition) is 1. The van der Waals surface area contributed by atoms with Gasteiger partial charge >= 0.3 is 0 Å². The first kappa shape index (κ1) is 9.80. The van der Waals surface area contributed by atoms with Gasteiger partial charge in [0.1, 0.15) is 0 Å². The van der Waals surface area contributed by atoms with E-state index in [1.54, 1.807) is 0 Å². The molecule has 1 N–H and O–H groups in total. The zero-order chi connectivity index (χ0) is 9.52. The molecule has 13 heavy (non-hydrogen) atoms. The van der Waals surface area contributed by atoms with Crippen LogP contribution >= 0.6 is 12.2 Å². The molecule has 0 fully saturated rings. The number of nitrogens with one attached hydrogen (secondary N) is 1. The molecule has 1 rings (SSSR count). The highest BCUT2D eigenvalue weighted by atomic mass is 32.1. The van der Waals surface area contributed by atoms with Crippen LogP contribution in [0.2, 0.25) is 0 Å². The SMILES string of the molecule is CCN=NC(=S)Nc1ccccc1. The molecule has 3 nitrogen and oxygen atoms in total. The largest absolute Gasteiger partial charge is 0.330 e. The van der Waals surface area contributed by atoms with Crippen LogP contribution in [-0.4, -0.2) is 11.7 Å². The van der Waals surface area contributed by atoms with E-state index in [2.05, 4.69) is 15.5 Å². The number of anilines is 1. The number of thiocarbonyl (C=S) groups is 1. The third-order valence-electron chi connectivity index (χ3n) is 1.33. The fraction of sp³-hybridized carbons (Fsp3) is 0.222. The average molecular weight is 193 g/mol. The van der Waals surface area contributed by atoms with Gasteiger partial charge in [-0.1, -0.05) is 18.2 Å². The van der Waals surface area contributed by atoms with Gasteiger partial charge in [0, 0.05) is 5.69 Å². The van der Waals surface area contributed by atoms with Crippen LogP contribution in [0.25, 0.3) is 0 Å². The van der Waals surface area contributed by atoms with Crippen LogP contribution in [0.5, 0.6) is 0 Å². The smallest absolute Gasteiger partial charge is 0.217 e. The Morgan fingerprint density at radius 3 is 2.69 bits per heavy atom. The third kappa shape index (κ3) is 3.75. The van der Waals surface area contributed by atoms with E-state index in [1.807, 2.05) is 37.3 Å². The molecule has 0 radical (unpaired) electrons. The van der Waals surface area contributed by atoms with Crippen LogP contribution in [0.1, 0.15) is 6.92 Å². The van der Waals surface area contributed by atoms with Gasteiger partial charge in [-0.15, -0.1) is 5.11 Å². The van der Waals surface area contributed by atoms with Crippen molar-refractivity contribution >= 4 is 23.0 Å². The number of benzene rings is 1. The second-order valence-corrected chi connectivity index (χ2v) is 2.74. The summed E-state index contributed by atoms with van der Waals surface area (Å²) in [6, 6.07) is 9.66. The molecule has 0 aliphatic heterocycles. The van der Waals surface area contributed by atoms with Crippen molar-refractivity contribution in [1.82, 2.24) is 0 Å². The minimum absolute atomic E-state index is 0.396. The van der Waals surface area contributed by atoms with Crippen LogP contribution in [0.3, 0.4) is 0 Å². The third-order valence-corrected chi connectivity index (χ3v) is 1.51. The van der Waals surface area contributed by atoms with E-state index in [0.717, 1.165) is 5.69 Å². The molecule has 0 unspecified atom stereocenters. The normalized spacial score (nSPS) is 10.2. The summed E-state index contributed by atoms with van der Waals surface area (Å²) in [6.07, 6.45) is 0. The fourth-order valence-electron chi connectivity index (χ4n) is 0.805. The molecule has 68 valence electrons. The Labute approximate surface area is 82.9 Å². The molecule has 4 heteroatoms. The lowest BCUT2D eigenvalue weighted by atomic mass is 10.3. The van der Waals surface area contributed by atoms with Gasteiger partial charge in [0.15, 0.2) is 0 Å². The van der Waals surface area contributed by atoms with E-state index < -0.39 is 0 Å². The maximum atomic E-state index is 4.93. The summed E-state index contributed by atoms with van der Waals surface area (Å²) < 4.78 is 0. The summed E-state index contributed by atoms with van der Waals surface area (Å²) >= 11 is 4.93. The lowest BCUT2D eigenvalue weighted by Gasteiger charge is -2.00. The molecule has 0 saturated heterocycles. The zero-order valence-corrected chi connectivity index (χ0v) is 8.21. The molecule has 1 aromatic rings. The number of rotatable bonds is 2. The summed E-state index contributed by atoms with van der Waals surface area (Å²) in [7, 11) is 0. The number of para-hydroxylation sites is 1. The first-order valence-electron chi connectivity index (χ1n) is 4.06. The lowest BCUT2D eigenvalue weighted by Crippen LogP contribution is -2.04. The molecule has 0 aromatic heterocycles. The Morgan fingerprint density at radius 1 is 1.38 bits per heavy atom. The molecule has 0 aliphatic carbocycles. The number of azo groups is 1. The van der Waals surface area contributed by atoms with Crippen molar-refractivity contribution in [2.24, 2.45) is 10.2 Å². The van der Waals surface area contributed by atoms with Crippen LogP contribution in [-0.2, 0) is 0 Å². The highest BCUT2D eigenvalue weighted by Gasteiger charge is 1.92. The Morgan fingerprint density at radius 2 is 2.08 bits per heavy atom. The Bertz CT molecular complexity index is 295. The van der Waals surface area contributed by atoms with E-state index in [4.69, 9.17) is 12.2 Å². The molecule has 0 aliphatic rings. The van der Waals surface area contributed by atoms with Gasteiger partial charge < -0.3 is 5.32 Å². The zero-order valence-electron chi connectivity index (χ0n) is 7.40. The van der Waals surface area contributed by atoms with Crippen molar-refractivity contribution < 1.29 is 0 Å². The van der Waals surface area contributed by atoms with E-state index in [-0.39, 0.29) is 0 Å². The van der Waals surface area contributed by atoms with Crippen LogP contribution in [0, 0.1) is 0 Å². The molecule has 0 spiro atoms. The summed E-state index contributed by atoms with van der Waals surface area (Å²) in [4.78, 5) is 0. The summed E-state index contributed by atoms with van der Waals surface area (Å²) in [5, 5.41) is 10.9. The standard InChI is InChI=1S/C9H11N3S/c1-2-10-12-9(13)11-8-6-4-3-5-7-8/h3-7H,2H2,1H3,(H,11,13). The molecular weight excluding hydrogens is 182 g/mol. The monoisotopic (exact) mass is 193 g/mol. The Balaban J connectivity index is 2.50. The number of hydrogen-bond acceptors (Lipinski definition) is 2. The van der Waals surface area contributed by atoms with Crippen molar-refractivity contribution in [3.63, 3.8) is 0 Å². The van der Waals surface area contributed by atoms with Gasteiger partial charge in [-0.05, 0) is 31.3 Å². The topological polar surface area (TPSA) is 36.8 Å². The predicted octanol–water partition coefficient (Wildman–Crippen LogP) is 2.86. The first-order valence-corrected chi connectivity index (χ1v) is 4.47. The quantitative estimate of drug-likeness (QED) is 0.579. The highest BCUT2D eigenvalue weighted by molar-refractivity contribution is 7.80. The molecule has 0 atom stereocenters. The molecule has 1 aromatic carbocycles. The minimum atomic E-state index is 0.396.